The van der Waals surface area contributed by atoms with Gasteiger partial charge in [-0.3, -0.25) is 15.1 Å². The van der Waals surface area contributed by atoms with Crippen molar-refractivity contribution in [1.82, 2.24) is 20.2 Å². The molecule has 128 valence electrons. The van der Waals surface area contributed by atoms with E-state index in [1.165, 1.54) is 22.7 Å². The Kier molecular flexibility index (Phi) is 4.51. The second-order valence-electron chi connectivity index (χ2n) is 5.57. The number of pyridine rings is 1. The van der Waals surface area contributed by atoms with Gasteiger partial charge in [0.15, 0.2) is 0 Å². The molecule has 0 radical (unpaired) electrons. The van der Waals surface area contributed by atoms with E-state index in [1.54, 1.807) is 12.4 Å². The summed E-state index contributed by atoms with van der Waals surface area (Å²) in [5, 5.41) is 13.1. The largest absolute Gasteiger partial charge is 0.371 e. The number of rotatable bonds is 4. The minimum absolute atomic E-state index is 0.00610. The highest BCUT2D eigenvalue weighted by Gasteiger charge is 2.23. The first-order chi connectivity index (χ1) is 12.2. The average Bonchev–Trinajstić information content (AvgIpc) is 3.35. The zero-order chi connectivity index (χ0) is 17.2. The lowest BCUT2D eigenvalue weighted by Crippen LogP contribution is -2.11. The summed E-state index contributed by atoms with van der Waals surface area (Å²) in [7, 11) is 0. The van der Waals surface area contributed by atoms with E-state index in [1.807, 2.05) is 19.1 Å². The highest BCUT2D eigenvalue weighted by molar-refractivity contribution is 7.17. The van der Waals surface area contributed by atoms with E-state index in [4.69, 9.17) is 4.74 Å². The molecule has 1 aliphatic rings. The first-order valence-corrected chi connectivity index (χ1v) is 9.48. The van der Waals surface area contributed by atoms with Crippen molar-refractivity contribution in [2.45, 2.75) is 25.9 Å². The van der Waals surface area contributed by atoms with Gasteiger partial charge >= 0.3 is 0 Å². The summed E-state index contributed by atoms with van der Waals surface area (Å²) >= 11 is 2.71. The summed E-state index contributed by atoms with van der Waals surface area (Å²) in [6, 6.07) is 3.75. The first kappa shape index (κ1) is 16.2. The number of aromatic nitrogens is 4. The molecule has 1 fully saturated rings. The Morgan fingerprint density at radius 3 is 2.88 bits per heavy atom. The minimum Gasteiger partial charge on any atom is -0.371 e. The summed E-state index contributed by atoms with van der Waals surface area (Å²) in [6.07, 6.45) is 5.40. The van der Waals surface area contributed by atoms with Crippen LogP contribution >= 0.6 is 22.7 Å². The number of thiazole rings is 1. The monoisotopic (exact) mass is 373 g/mol. The molecule has 7 nitrogen and oxygen atoms in total. The standard InChI is InChI=1S/C16H15N5O2S2/c1-9-12(24-14(18-9)10-4-6-17-7-5-10)13(22)19-16-21-20-15(25-16)11-3-2-8-23-11/h4-7,11H,2-3,8H2,1H3,(H,19,21,22)/t11-/m0/s1. The maximum Gasteiger partial charge on any atom is 0.269 e. The molecule has 0 aromatic carbocycles. The lowest BCUT2D eigenvalue weighted by Gasteiger charge is -2.02. The van der Waals surface area contributed by atoms with E-state index in [9.17, 15) is 4.79 Å². The SMILES string of the molecule is Cc1nc(-c2ccncc2)sc1C(=O)Nc1nnc([C@@H]2CCCO2)s1. The molecule has 25 heavy (non-hydrogen) atoms. The topological polar surface area (TPSA) is 89.9 Å². The molecule has 1 aliphatic heterocycles. The van der Waals surface area contributed by atoms with Crippen molar-refractivity contribution in [3.8, 4) is 10.6 Å². The van der Waals surface area contributed by atoms with Crippen LogP contribution < -0.4 is 5.32 Å². The van der Waals surface area contributed by atoms with Crippen molar-refractivity contribution in [2.24, 2.45) is 0 Å². The van der Waals surface area contributed by atoms with Crippen molar-refractivity contribution in [3.05, 3.63) is 40.1 Å². The summed E-state index contributed by atoms with van der Waals surface area (Å²) in [4.78, 5) is 21.6. The van der Waals surface area contributed by atoms with Crippen molar-refractivity contribution in [1.29, 1.82) is 0 Å². The van der Waals surface area contributed by atoms with Crippen LogP contribution in [-0.2, 0) is 4.74 Å². The fourth-order valence-corrected chi connectivity index (χ4v) is 4.36. The zero-order valence-electron chi connectivity index (χ0n) is 13.4. The number of nitrogens with zero attached hydrogens (tertiary/aromatic N) is 4. The normalized spacial score (nSPS) is 16.9. The van der Waals surface area contributed by atoms with Crippen molar-refractivity contribution >= 4 is 33.7 Å². The third-order valence-electron chi connectivity index (χ3n) is 3.80. The highest BCUT2D eigenvalue weighted by Crippen LogP contribution is 2.33. The molecule has 3 aromatic rings. The molecule has 0 aliphatic carbocycles. The van der Waals surface area contributed by atoms with Crippen molar-refractivity contribution in [2.75, 3.05) is 11.9 Å². The molecule has 3 aromatic heterocycles. The van der Waals surface area contributed by atoms with Crippen LogP contribution in [0, 0.1) is 6.92 Å². The molecule has 9 heteroatoms. The van der Waals surface area contributed by atoms with Gasteiger partial charge < -0.3 is 4.74 Å². The quantitative estimate of drug-likeness (QED) is 0.753. The van der Waals surface area contributed by atoms with Crippen molar-refractivity contribution < 1.29 is 9.53 Å². The summed E-state index contributed by atoms with van der Waals surface area (Å²) in [5.74, 6) is -0.217. The van der Waals surface area contributed by atoms with E-state index in [2.05, 4.69) is 25.5 Å². The van der Waals surface area contributed by atoms with Crippen molar-refractivity contribution in [3.63, 3.8) is 0 Å². The van der Waals surface area contributed by atoms with Crippen LogP contribution in [0.1, 0.15) is 39.3 Å². The molecule has 1 amide bonds. The summed E-state index contributed by atoms with van der Waals surface area (Å²) in [6.45, 7) is 2.58. The van der Waals surface area contributed by atoms with Gasteiger partial charge in [-0.05, 0) is 31.9 Å². The number of aryl methyl sites for hydroxylation is 1. The Balaban J connectivity index is 1.51. The van der Waals surface area contributed by atoms with Gasteiger partial charge in [0.25, 0.3) is 5.91 Å². The van der Waals surface area contributed by atoms with Crippen LogP contribution in [0.5, 0.6) is 0 Å². The highest BCUT2D eigenvalue weighted by atomic mass is 32.1. The molecule has 0 bridgehead atoms. The van der Waals surface area contributed by atoms with Gasteiger partial charge in [0.05, 0.1) is 5.69 Å². The Bertz CT molecular complexity index is 887. The molecular weight excluding hydrogens is 358 g/mol. The summed E-state index contributed by atoms with van der Waals surface area (Å²) < 4.78 is 5.60. The number of ether oxygens (including phenoxy) is 1. The van der Waals surface area contributed by atoms with Gasteiger partial charge in [-0.2, -0.15) is 0 Å². The van der Waals surface area contributed by atoms with Crippen LogP contribution in [0.15, 0.2) is 24.5 Å². The molecule has 0 spiro atoms. The zero-order valence-corrected chi connectivity index (χ0v) is 15.1. The van der Waals surface area contributed by atoms with E-state index < -0.39 is 0 Å². The lowest BCUT2D eigenvalue weighted by atomic mass is 10.2. The third kappa shape index (κ3) is 3.44. The van der Waals surface area contributed by atoms with Gasteiger partial charge in [-0.25, -0.2) is 4.98 Å². The van der Waals surface area contributed by atoms with Crippen LogP contribution in [0.25, 0.3) is 10.6 Å². The Hall–Kier alpha value is -2.23. The Morgan fingerprint density at radius 2 is 2.12 bits per heavy atom. The molecular formula is C16H15N5O2S2. The number of nitrogens with one attached hydrogen (secondary N) is 1. The van der Waals surface area contributed by atoms with E-state index in [0.29, 0.717) is 15.7 Å². The molecule has 1 saturated heterocycles. The number of carbonyl (C=O) groups is 1. The predicted molar refractivity (Wildman–Crippen MR) is 95.9 cm³/mol. The first-order valence-electron chi connectivity index (χ1n) is 7.85. The van der Waals surface area contributed by atoms with E-state index >= 15 is 0 Å². The smallest absolute Gasteiger partial charge is 0.269 e. The van der Waals surface area contributed by atoms with Gasteiger partial charge in [0, 0.05) is 24.6 Å². The number of hydrogen-bond donors (Lipinski definition) is 1. The number of carbonyl (C=O) groups excluding carboxylic acids is 1. The van der Waals surface area contributed by atoms with Gasteiger partial charge in [-0.15, -0.1) is 21.5 Å². The lowest BCUT2D eigenvalue weighted by molar-refractivity contribution is 0.102. The van der Waals surface area contributed by atoms with Crippen LogP contribution in [0.3, 0.4) is 0 Å². The second kappa shape index (κ2) is 6.95. The van der Waals surface area contributed by atoms with Crippen LogP contribution in [-0.4, -0.2) is 32.7 Å². The maximum atomic E-state index is 12.6. The average molecular weight is 373 g/mol. The van der Waals surface area contributed by atoms with Gasteiger partial charge in [0.1, 0.15) is 21.0 Å². The molecule has 0 saturated carbocycles. The van der Waals surface area contributed by atoms with Crippen LogP contribution in [0.2, 0.25) is 0 Å². The van der Waals surface area contributed by atoms with E-state index in [-0.39, 0.29) is 12.0 Å². The third-order valence-corrected chi connectivity index (χ3v) is 5.93. The van der Waals surface area contributed by atoms with Gasteiger partial charge in [-0.1, -0.05) is 11.3 Å². The minimum atomic E-state index is -0.217. The second-order valence-corrected chi connectivity index (χ2v) is 7.58. The molecule has 0 unspecified atom stereocenters. The fourth-order valence-electron chi connectivity index (χ4n) is 2.57. The predicted octanol–water partition coefficient (Wildman–Crippen LogP) is 3.47. The van der Waals surface area contributed by atoms with E-state index in [0.717, 1.165) is 35.0 Å². The molecule has 4 rings (SSSR count). The summed E-state index contributed by atoms with van der Waals surface area (Å²) in [5.41, 5.74) is 1.64. The van der Waals surface area contributed by atoms with Crippen LogP contribution in [0.4, 0.5) is 5.13 Å². The Morgan fingerprint density at radius 1 is 1.28 bits per heavy atom. The number of anilines is 1. The number of hydrogen-bond acceptors (Lipinski definition) is 8. The molecule has 1 atom stereocenters. The number of amides is 1. The van der Waals surface area contributed by atoms with Gasteiger partial charge in [0.2, 0.25) is 5.13 Å². The maximum absolute atomic E-state index is 12.6. The Labute approximate surface area is 152 Å². The fraction of sp³-hybridized carbons (Fsp3) is 0.312. The molecule has 4 heterocycles. The molecule has 1 N–H and O–H groups in total.